The first-order valence-corrected chi connectivity index (χ1v) is 7.64. The quantitative estimate of drug-likeness (QED) is 0.578. The van der Waals surface area contributed by atoms with E-state index in [4.69, 9.17) is 16.3 Å². The van der Waals surface area contributed by atoms with Crippen LogP contribution in [0.4, 0.5) is 4.39 Å². The number of benzene rings is 1. The summed E-state index contributed by atoms with van der Waals surface area (Å²) >= 11 is 5.60. The fourth-order valence-electron chi connectivity index (χ4n) is 2.83. The van der Waals surface area contributed by atoms with Crippen molar-refractivity contribution in [1.82, 2.24) is 0 Å². The van der Waals surface area contributed by atoms with Gasteiger partial charge in [0.25, 0.3) is 0 Å². The standard InChI is InChI=1S/C16H20ClFO2/c1-2-3-11-4-6-12(7-5-11)16(19)20-13-8-9-14(17)15(18)10-13/h8-12H,2-7H2,1H3. The van der Waals surface area contributed by atoms with Crippen LogP contribution >= 0.6 is 11.6 Å². The second-order valence-electron chi connectivity index (χ2n) is 5.50. The molecule has 0 radical (unpaired) electrons. The van der Waals surface area contributed by atoms with Crippen LogP contribution in [0, 0.1) is 17.7 Å². The summed E-state index contributed by atoms with van der Waals surface area (Å²) < 4.78 is 18.5. The van der Waals surface area contributed by atoms with Gasteiger partial charge in [0.15, 0.2) is 0 Å². The van der Waals surface area contributed by atoms with Gasteiger partial charge in [-0.15, -0.1) is 0 Å². The maximum absolute atomic E-state index is 13.3. The summed E-state index contributed by atoms with van der Waals surface area (Å²) in [4.78, 5) is 12.1. The van der Waals surface area contributed by atoms with Crippen LogP contribution in [0.15, 0.2) is 18.2 Å². The van der Waals surface area contributed by atoms with E-state index in [1.807, 2.05) is 0 Å². The third-order valence-corrected chi connectivity index (χ3v) is 4.29. The largest absolute Gasteiger partial charge is 0.426 e. The van der Waals surface area contributed by atoms with E-state index in [0.717, 1.165) is 37.7 Å². The molecule has 1 aromatic rings. The van der Waals surface area contributed by atoms with Gasteiger partial charge >= 0.3 is 5.97 Å². The SMILES string of the molecule is CCCC1CCC(C(=O)Oc2ccc(Cl)c(F)c2)CC1. The fourth-order valence-corrected chi connectivity index (χ4v) is 2.95. The topological polar surface area (TPSA) is 26.3 Å². The molecule has 0 spiro atoms. The lowest BCUT2D eigenvalue weighted by Gasteiger charge is -2.26. The second kappa shape index (κ2) is 7.07. The first-order chi connectivity index (χ1) is 9.60. The molecule has 0 aliphatic heterocycles. The Morgan fingerprint density at radius 1 is 1.35 bits per heavy atom. The van der Waals surface area contributed by atoms with E-state index in [-0.39, 0.29) is 22.7 Å². The van der Waals surface area contributed by atoms with E-state index in [1.54, 1.807) is 0 Å². The van der Waals surface area contributed by atoms with Gasteiger partial charge in [-0.3, -0.25) is 4.79 Å². The van der Waals surface area contributed by atoms with Gasteiger partial charge < -0.3 is 4.74 Å². The van der Waals surface area contributed by atoms with Crippen molar-refractivity contribution in [3.63, 3.8) is 0 Å². The number of rotatable bonds is 4. The number of ether oxygens (including phenoxy) is 1. The Hall–Kier alpha value is -1.09. The van der Waals surface area contributed by atoms with Crippen molar-refractivity contribution in [3.05, 3.63) is 29.0 Å². The molecule has 1 aliphatic rings. The number of esters is 1. The van der Waals surface area contributed by atoms with Crippen molar-refractivity contribution in [3.8, 4) is 5.75 Å². The molecule has 0 atom stereocenters. The van der Waals surface area contributed by atoms with Crippen LogP contribution in [0.5, 0.6) is 5.75 Å². The highest BCUT2D eigenvalue weighted by molar-refractivity contribution is 6.30. The van der Waals surface area contributed by atoms with Crippen LogP contribution in [0.1, 0.15) is 45.4 Å². The molecule has 1 aliphatic carbocycles. The molecule has 0 unspecified atom stereocenters. The van der Waals surface area contributed by atoms with Gasteiger partial charge in [-0.05, 0) is 43.7 Å². The molecule has 0 bridgehead atoms. The Bertz CT molecular complexity index is 468. The molecule has 0 heterocycles. The van der Waals surface area contributed by atoms with Crippen LogP contribution in [0.3, 0.4) is 0 Å². The van der Waals surface area contributed by atoms with E-state index in [2.05, 4.69) is 6.92 Å². The smallest absolute Gasteiger partial charge is 0.314 e. The van der Waals surface area contributed by atoms with Gasteiger partial charge in [0, 0.05) is 6.07 Å². The van der Waals surface area contributed by atoms with Crippen LogP contribution in [0.2, 0.25) is 5.02 Å². The van der Waals surface area contributed by atoms with E-state index in [9.17, 15) is 9.18 Å². The van der Waals surface area contributed by atoms with Crippen molar-refractivity contribution >= 4 is 17.6 Å². The van der Waals surface area contributed by atoms with Gasteiger partial charge in [-0.1, -0.05) is 31.4 Å². The van der Waals surface area contributed by atoms with Crippen LogP contribution in [-0.2, 0) is 4.79 Å². The summed E-state index contributed by atoms with van der Waals surface area (Å²) in [5, 5.41) is 0.0323. The lowest BCUT2D eigenvalue weighted by atomic mass is 9.80. The summed E-state index contributed by atoms with van der Waals surface area (Å²) in [5.41, 5.74) is 0. The van der Waals surface area contributed by atoms with Crippen molar-refractivity contribution in [1.29, 1.82) is 0 Å². The monoisotopic (exact) mass is 298 g/mol. The molecule has 0 aromatic heterocycles. The Labute approximate surface area is 124 Å². The van der Waals surface area contributed by atoms with E-state index >= 15 is 0 Å². The van der Waals surface area contributed by atoms with Gasteiger partial charge in [0.2, 0.25) is 0 Å². The minimum atomic E-state index is -0.566. The van der Waals surface area contributed by atoms with E-state index in [1.165, 1.54) is 25.0 Å². The molecular weight excluding hydrogens is 279 g/mol. The number of hydrogen-bond donors (Lipinski definition) is 0. The molecule has 110 valence electrons. The van der Waals surface area contributed by atoms with E-state index < -0.39 is 5.82 Å². The molecule has 1 aromatic carbocycles. The molecular formula is C16H20ClFO2. The fraction of sp³-hybridized carbons (Fsp3) is 0.562. The van der Waals surface area contributed by atoms with Crippen LogP contribution < -0.4 is 4.74 Å². The highest BCUT2D eigenvalue weighted by Gasteiger charge is 2.27. The maximum Gasteiger partial charge on any atom is 0.314 e. The molecule has 20 heavy (non-hydrogen) atoms. The number of hydrogen-bond acceptors (Lipinski definition) is 2. The second-order valence-corrected chi connectivity index (χ2v) is 5.91. The summed E-state index contributed by atoms with van der Waals surface area (Å²) in [6.45, 7) is 2.19. The van der Waals surface area contributed by atoms with Gasteiger partial charge in [-0.25, -0.2) is 4.39 Å². The number of carbonyl (C=O) groups excluding carboxylic acids is 1. The third-order valence-electron chi connectivity index (χ3n) is 3.99. The summed E-state index contributed by atoms with van der Waals surface area (Å²) in [6, 6.07) is 4.08. The van der Waals surface area contributed by atoms with Crippen molar-refractivity contribution in [2.24, 2.45) is 11.8 Å². The van der Waals surface area contributed by atoms with Gasteiger partial charge in [-0.2, -0.15) is 0 Å². The zero-order chi connectivity index (χ0) is 14.5. The highest BCUT2D eigenvalue weighted by Crippen LogP contribution is 2.32. The predicted octanol–water partition coefficient (Wildman–Crippen LogP) is 4.99. The van der Waals surface area contributed by atoms with Crippen molar-refractivity contribution < 1.29 is 13.9 Å². The zero-order valence-electron chi connectivity index (χ0n) is 11.7. The third kappa shape index (κ3) is 3.95. The minimum absolute atomic E-state index is 0.0323. The molecule has 2 rings (SSSR count). The van der Waals surface area contributed by atoms with Crippen molar-refractivity contribution in [2.75, 3.05) is 0 Å². The van der Waals surface area contributed by atoms with Crippen molar-refractivity contribution in [2.45, 2.75) is 45.4 Å². The Morgan fingerprint density at radius 2 is 2.05 bits per heavy atom. The number of carbonyl (C=O) groups is 1. The first-order valence-electron chi connectivity index (χ1n) is 7.27. The van der Waals surface area contributed by atoms with Crippen LogP contribution in [-0.4, -0.2) is 5.97 Å². The number of halogens is 2. The van der Waals surface area contributed by atoms with Gasteiger partial charge in [0.1, 0.15) is 11.6 Å². The normalized spacial score (nSPS) is 22.6. The molecule has 1 saturated carbocycles. The van der Waals surface area contributed by atoms with Gasteiger partial charge in [0.05, 0.1) is 10.9 Å². The van der Waals surface area contributed by atoms with E-state index in [0.29, 0.717) is 0 Å². The predicted molar refractivity (Wildman–Crippen MR) is 77.4 cm³/mol. The summed E-state index contributed by atoms with van der Waals surface area (Å²) in [5.74, 6) is 0.108. The summed E-state index contributed by atoms with van der Waals surface area (Å²) in [6.07, 6.45) is 6.36. The first kappa shape index (κ1) is 15.3. The molecule has 2 nitrogen and oxygen atoms in total. The summed E-state index contributed by atoms with van der Waals surface area (Å²) in [7, 11) is 0. The Morgan fingerprint density at radius 3 is 2.65 bits per heavy atom. The molecule has 0 N–H and O–H groups in total. The van der Waals surface area contributed by atoms with Crippen LogP contribution in [0.25, 0.3) is 0 Å². The molecule has 0 amide bonds. The minimum Gasteiger partial charge on any atom is -0.426 e. The maximum atomic E-state index is 13.3. The Balaban J connectivity index is 1.88. The highest BCUT2D eigenvalue weighted by atomic mass is 35.5. The Kier molecular flexibility index (Phi) is 5.41. The average molecular weight is 299 g/mol. The molecule has 4 heteroatoms. The molecule has 1 fully saturated rings. The zero-order valence-corrected chi connectivity index (χ0v) is 12.5. The molecule has 0 saturated heterocycles. The lowest BCUT2D eigenvalue weighted by molar-refractivity contribution is -0.140. The lowest BCUT2D eigenvalue weighted by Crippen LogP contribution is -2.25. The average Bonchev–Trinajstić information content (AvgIpc) is 2.44.